The van der Waals surface area contributed by atoms with E-state index in [1.54, 1.807) is 16.8 Å². The number of nitrogen functional groups attached to an aromatic ring is 1. The van der Waals surface area contributed by atoms with E-state index in [1.165, 1.54) is 11.0 Å². The molecule has 6 heterocycles. The van der Waals surface area contributed by atoms with Crippen LogP contribution in [0.1, 0.15) is 25.3 Å². The van der Waals surface area contributed by atoms with E-state index >= 15 is 0 Å². The fourth-order valence-electron chi connectivity index (χ4n) is 4.92. The maximum Gasteiger partial charge on any atom is 0.282 e. The molecule has 0 aliphatic carbocycles. The van der Waals surface area contributed by atoms with Gasteiger partial charge in [0.2, 0.25) is 5.95 Å². The quantitative estimate of drug-likeness (QED) is 0.135. The van der Waals surface area contributed by atoms with Crippen LogP contribution in [0.3, 0.4) is 0 Å². The lowest BCUT2D eigenvalue weighted by Gasteiger charge is -2.27. The molecule has 4 aromatic heterocycles. The highest BCUT2D eigenvalue weighted by Crippen LogP contribution is 2.57. The minimum atomic E-state index is -3.69. The number of aliphatic hydroxyl groups excluding tert-OH is 2. The molecule has 0 aromatic carbocycles. The van der Waals surface area contributed by atoms with E-state index in [0.717, 1.165) is 0 Å². The molecule has 39 heavy (non-hydrogen) atoms. The normalized spacial score (nSPS) is 28.9. The number of nitrogens with one attached hydrogen (secondary N) is 2. The first-order chi connectivity index (χ1) is 18.7. The van der Waals surface area contributed by atoms with E-state index in [9.17, 15) is 24.7 Å². The van der Waals surface area contributed by atoms with Gasteiger partial charge in [-0.1, -0.05) is 5.21 Å². The van der Waals surface area contributed by atoms with Gasteiger partial charge in [-0.25, -0.2) is 4.98 Å². The Balaban J connectivity index is 1.21. The molecular formula is C20H24N9O8PS. The number of aromatic amines is 2. The van der Waals surface area contributed by atoms with Crippen molar-refractivity contribution in [2.24, 2.45) is 0 Å². The van der Waals surface area contributed by atoms with Gasteiger partial charge in [0.1, 0.15) is 18.0 Å². The number of rotatable bonds is 7. The lowest BCUT2D eigenvalue weighted by Crippen LogP contribution is -2.28. The third-order valence-electron chi connectivity index (χ3n) is 6.83. The Kier molecular flexibility index (Phi) is 6.59. The molecule has 7 atom stereocenters. The van der Waals surface area contributed by atoms with Gasteiger partial charge in [0, 0.05) is 12.6 Å². The Labute approximate surface area is 222 Å². The fraction of sp³-hybridized carbons (Fsp3) is 0.500. The number of hydrogen-bond acceptors (Lipinski definition) is 13. The van der Waals surface area contributed by atoms with Crippen molar-refractivity contribution in [1.29, 1.82) is 0 Å². The largest absolute Gasteiger partial charge is 0.394 e. The van der Waals surface area contributed by atoms with Crippen LogP contribution in [0.5, 0.6) is 0 Å². The maximum absolute atomic E-state index is 12.2. The summed E-state index contributed by atoms with van der Waals surface area (Å²) in [5.74, 6) is -0.166. The predicted octanol–water partition coefficient (Wildman–Crippen LogP) is -1.55. The Bertz CT molecular complexity index is 1700. The molecule has 2 aliphatic heterocycles. The molecule has 4 aromatic rings. The van der Waals surface area contributed by atoms with Crippen molar-refractivity contribution in [3.8, 4) is 0 Å². The summed E-state index contributed by atoms with van der Waals surface area (Å²) in [4.78, 5) is 48.6. The van der Waals surface area contributed by atoms with Crippen LogP contribution in [-0.2, 0) is 25.8 Å². The summed E-state index contributed by atoms with van der Waals surface area (Å²) in [5.41, 5.74) is 4.24. The van der Waals surface area contributed by atoms with Crippen LogP contribution in [0.2, 0.25) is 0 Å². The summed E-state index contributed by atoms with van der Waals surface area (Å²) in [5, 5.41) is 28.6. The number of nitrogens with two attached hydrogens (primary N) is 1. The van der Waals surface area contributed by atoms with Gasteiger partial charge >= 0.3 is 0 Å². The van der Waals surface area contributed by atoms with Crippen LogP contribution in [0, 0.1) is 0 Å². The summed E-state index contributed by atoms with van der Waals surface area (Å²) in [6.45, 7) is -4.29. The molecule has 0 saturated carbocycles. The second kappa shape index (κ2) is 9.83. The Morgan fingerprint density at radius 1 is 1.26 bits per heavy atom. The first-order valence-electron chi connectivity index (χ1n) is 11.9. The third kappa shape index (κ3) is 4.57. The number of aliphatic hydroxyl groups is 2. The summed E-state index contributed by atoms with van der Waals surface area (Å²) in [6.07, 6.45) is -0.943. The molecule has 208 valence electrons. The number of hydrogen-bond donors (Lipinski definition) is 6. The number of aromatic nitrogens is 8. The van der Waals surface area contributed by atoms with Crippen LogP contribution in [0.15, 0.2) is 28.2 Å². The molecule has 0 radical (unpaired) electrons. The topological polar surface area (TPSA) is 242 Å². The van der Waals surface area contributed by atoms with Crippen LogP contribution < -0.4 is 16.9 Å². The summed E-state index contributed by atoms with van der Waals surface area (Å²) in [7, 11) is 0. The summed E-state index contributed by atoms with van der Waals surface area (Å²) in [6, 6.07) is 1.61. The van der Waals surface area contributed by atoms with E-state index in [4.69, 9.17) is 31.5 Å². The van der Waals surface area contributed by atoms with Crippen LogP contribution in [0.25, 0.3) is 22.2 Å². The van der Waals surface area contributed by atoms with E-state index in [-0.39, 0.29) is 48.7 Å². The van der Waals surface area contributed by atoms with Gasteiger partial charge in [0.25, 0.3) is 11.1 Å². The monoisotopic (exact) mass is 581 g/mol. The Morgan fingerprint density at radius 2 is 2.08 bits per heavy atom. The van der Waals surface area contributed by atoms with Crippen molar-refractivity contribution in [3.05, 3.63) is 39.3 Å². The minimum absolute atomic E-state index is 0.0172. The van der Waals surface area contributed by atoms with E-state index in [0.29, 0.717) is 11.0 Å². The SMILES string of the molecule is Nc1nc2c(nnn2[C@@H]2O[C@H](CO)C[C@H]2P(O)(=S)OC[C@H]2O[C@@H](n3ccc4c(=O)[nH]cnc43)C[C@@H]2O)c(=O)[nH]1. The summed E-state index contributed by atoms with van der Waals surface area (Å²) < 4.78 is 20.5. The van der Waals surface area contributed by atoms with Crippen LogP contribution >= 0.6 is 6.49 Å². The molecule has 0 spiro atoms. The second-order valence-electron chi connectivity index (χ2n) is 9.28. The van der Waals surface area contributed by atoms with Crippen molar-refractivity contribution in [2.45, 2.75) is 49.3 Å². The molecule has 2 saturated heterocycles. The van der Waals surface area contributed by atoms with Crippen molar-refractivity contribution < 1.29 is 29.1 Å². The molecule has 0 amide bonds. The van der Waals surface area contributed by atoms with Crippen molar-refractivity contribution in [3.63, 3.8) is 0 Å². The van der Waals surface area contributed by atoms with Crippen molar-refractivity contribution >= 4 is 46.4 Å². The van der Waals surface area contributed by atoms with E-state index in [1.807, 2.05) is 0 Å². The predicted molar refractivity (Wildman–Crippen MR) is 137 cm³/mol. The fourth-order valence-corrected chi connectivity index (χ4v) is 7.24. The number of fused-ring (bicyclic) bond motifs is 2. The number of H-pyrrole nitrogens is 2. The zero-order chi connectivity index (χ0) is 27.5. The van der Waals surface area contributed by atoms with Gasteiger partial charge in [-0.2, -0.15) is 9.67 Å². The second-order valence-corrected chi connectivity index (χ2v) is 12.9. The smallest absolute Gasteiger partial charge is 0.282 e. The van der Waals surface area contributed by atoms with Crippen LogP contribution in [-0.4, -0.2) is 91.8 Å². The number of ether oxygens (including phenoxy) is 2. The average Bonchev–Trinajstić information content (AvgIpc) is 3.67. The lowest BCUT2D eigenvalue weighted by atomic mass is 10.2. The highest BCUT2D eigenvalue weighted by molar-refractivity contribution is 8.09. The Hall–Kier alpha value is -3.09. The molecule has 1 unspecified atom stereocenters. The standard InChI is InChI=1S/C20H24N9O8PS/c21-20-24-16-14(18(33)25-20)26-27-29(16)19-12(3-8(5-30)36-19)38(34,39)35-6-11-10(31)4-13(37-11)28-2-1-9-15(28)22-7-23-17(9)32/h1-2,7-8,10-13,19,30-31H,3-6H2,(H,34,39)(H,22,23,32)(H3,21,24,25,33)/t8-,10-,11+,12+,13+,19+,38?/m0/s1. The zero-order valence-electron chi connectivity index (χ0n) is 20.0. The van der Waals surface area contributed by atoms with Gasteiger partial charge in [-0.15, -0.1) is 5.10 Å². The van der Waals surface area contributed by atoms with Crippen LogP contribution in [0.4, 0.5) is 5.95 Å². The van der Waals surface area contributed by atoms with Crippen molar-refractivity contribution in [2.75, 3.05) is 18.9 Å². The van der Waals surface area contributed by atoms with Gasteiger partial charge in [0.05, 0.1) is 42.8 Å². The molecular weight excluding hydrogens is 557 g/mol. The lowest BCUT2D eigenvalue weighted by molar-refractivity contribution is -0.0400. The summed E-state index contributed by atoms with van der Waals surface area (Å²) >= 11 is 5.51. The first-order valence-corrected chi connectivity index (χ1v) is 14.6. The highest BCUT2D eigenvalue weighted by Gasteiger charge is 2.47. The molecule has 2 aliphatic rings. The number of anilines is 1. The molecule has 0 bridgehead atoms. The molecule has 19 heteroatoms. The number of nitrogens with zero attached hydrogens (tertiary/aromatic N) is 6. The highest BCUT2D eigenvalue weighted by atomic mass is 32.5. The zero-order valence-corrected chi connectivity index (χ0v) is 21.7. The molecule has 2 fully saturated rings. The Morgan fingerprint density at radius 3 is 2.87 bits per heavy atom. The molecule has 7 N–H and O–H groups in total. The van der Waals surface area contributed by atoms with Gasteiger partial charge in [-0.05, 0) is 24.3 Å². The third-order valence-corrected chi connectivity index (χ3v) is 9.79. The van der Waals surface area contributed by atoms with Crippen molar-refractivity contribution in [1.82, 2.24) is 39.5 Å². The first kappa shape index (κ1) is 26.1. The van der Waals surface area contributed by atoms with E-state index in [2.05, 4.69) is 30.2 Å². The van der Waals surface area contributed by atoms with E-state index < -0.39 is 48.5 Å². The van der Waals surface area contributed by atoms with Gasteiger partial charge in [-0.3, -0.25) is 14.6 Å². The minimum Gasteiger partial charge on any atom is -0.394 e. The average molecular weight is 582 g/mol. The molecule has 17 nitrogen and oxygen atoms in total. The maximum atomic E-state index is 12.2. The molecule has 6 rings (SSSR count). The van der Waals surface area contributed by atoms with Gasteiger partial charge in [0.15, 0.2) is 23.9 Å². The van der Waals surface area contributed by atoms with Gasteiger partial charge < -0.3 is 44.4 Å².